The molecule has 1 N–H and O–H groups in total. The Morgan fingerprint density at radius 2 is 1.43 bits per heavy atom. The predicted octanol–water partition coefficient (Wildman–Crippen LogP) is 6.03. The van der Waals surface area contributed by atoms with Crippen LogP contribution in [0.15, 0.2) is 101 Å². The molecule has 8 nitrogen and oxygen atoms in total. The van der Waals surface area contributed by atoms with Gasteiger partial charge in [-0.15, -0.1) is 0 Å². The molecule has 5 rings (SSSR count). The third-order valence-corrected chi connectivity index (χ3v) is 9.49. The minimum absolute atomic E-state index is 0.0136. The molecule has 240 valence electrons. The van der Waals surface area contributed by atoms with Gasteiger partial charge in [-0.2, -0.15) is 0 Å². The number of hydrogen-bond donors (Lipinski definition) is 1. The minimum atomic E-state index is -0.712. The van der Waals surface area contributed by atoms with Crippen molar-refractivity contribution in [2.24, 2.45) is 10.9 Å². The van der Waals surface area contributed by atoms with Crippen LogP contribution in [-0.2, 0) is 24.5 Å². The second-order valence-electron chi connectivity index (χ2n) is 12.2. The van der Waals surface area contributed by atoms with Crippen LogP contribution >= 0.6 is 0 Å². The molecule has 0 spiro atoms. The van der Waals surface area contributed by atoms with Gasteiger partial charge in [0.15, 0.2) is 0 Å². The number of esters is 2. The fraction of sp³-hybridized carbons (Fsp3) is 0.368. The maximum absolute atomic E-state index is 13.4. The van der Waals surface area contributed by atoms with Crippen LogP contribution < -0.4 is 5.32 Å². The Morgan fingerprint density at radius 1 is 0.848 bits per heavy atom. The van der Waals surface area contributed by atoms with Gasteiger partial charge in [0.25, 0.3) is 0 Å². The van der Waals surface area contributed by atoms with Gasteiger partial charge in [0.1, 0.15) is 5.92 Å². The number of likely N-dealkylation sites (tertiary alicyclic amines) is 1. The number of allylic oxidation sites excluding steroid dienone is 2. The van der Waals surface area contributed by atoms with Crippen LogP contribution in [0.4, 0.5) is 0 Å². The fourth-order valence-corrected chi connectivity index (χ4v) is 7.03. The van der Waals surface area contributed by atoms with Crippen LogP contribution in [0, 0.1) is 5.92 Å². The van der Waals surface area contributed by atoms with Crippen molar-refractivity contribution in [3.8, 4) is 0 Å². The van der Waals surface area contributed by atoms with Crippen molar-refractivity contribution >= 4 is 23.6 Å². The molecule has 46 heavy (non-hydrogen) atoms. The van der Waals surface area contributed by atoms with Gasteiger partial charge in [-0.3, -0.25) is 14.6 Å². The van der Waals surface area contributed by atoms with Gasteiger partial charge in [0.05, 0.1) is 25.5 Å². The summed E-state index contributed by atoms with van der Waals surface area (Å²) in [6.45, 7) is 6.36. The molecule has 0 aliphatic carbocycles. The Hall–Kier alpha value is -4.56. The summed E-state index contributed by atoms with van der Waals surface area (Å²) in [4.78, 5) is 45.4. The normalized spacial score (nSPS) is 19.6. The van der Waals surface area contributed by atoms with Gasteiger partial charge in [-0.05, 0) is 81.6 Å². The number of nitrogens with zero attached hydrogens (tertiary/aromatic N) is 2. The SMILES string of the molecule is COC(=O)c1ccc(C2C(NC(=O)CCCN3CCC(c4ccccc4)(c4ccccc4)CC3)=C(C)N=C(C)C2C(=O)OC)cc1. The second-order valence-corrected chi connectivity index (χ2v) is 12.2. The summed E-state index contributed by atoms with van der Waals surface area (Å²) in [7, 11) is 2.68. The van der Waals surface area contributed by atoms with Gasteiger partial charge in [-0.25, -0.2) is 4.79 Å². The Balaban J connectivity index is 1.24. The van der Waals surface area contributed by atoms with E-state index in [0.717, 1.165) is 38.0 Å². The first-order valence-electron chi connectivity index (χ1n) is 15.9. The number of hydrogen-bond acceptors (Lipinski definition) is 7. The number of amides is 1. The third-order valence-electron chi connectivity index (χ3n) is 9.49. The van der Waals surface area contributed by atoms with Gasteiger partial charge >= 0.3 is 11.9 Å². The van der Waals surface area contributed by atoms with Crippen molar-refractivity contribution in [1.29, 1.82) is 0 Å². The second kappa shape index (κ2) is 14.7. The lowest BCUT2D eigenvalue weighted by Crippen LogP contribution is -2.43. The highest BCUT2D eigenvalue weighted by atomic mass is 16.5. The Labute approximate surface area is 271 Å². The topological polar surface area (TPSA) is 97.3 Å². The molecule has 3 aromatic rings. The molecular weight excluding hydrogens is 578 g/mol. The van der Waals surface area contributed by atoms with Crippen LogP contribution in [0.5, 0.6) is 0 Å². The molecular formula is C38H43N3O5. The first kappa shape index (κ1) is 32.8. The molecule has 0 bridgehead atoms. The van der Waals surface area contributed by atoms with Crippen molar-refractivity contribution in [2.75, 3.05) is 33.9 Å². The van der Waals surface area contributed by atoms with E-state index in [4.69, 9.17) is 9.47 Å². The minimum Gasteiger partial charge on any atom is -0.468 e. The molecule has 2 unspecified atom stereocenters. The molecule has 3 aromatic carbocycles. The van der Waals surface area contributed by atoms with Crippen molar-refractivity contribution < 1.29 is 23.9 Å². The molecule has 0 aromatic heterocycles. The zero-order chi connectivity index (χ0) is 32.7. The van der Waals surface area contributed by atoms with Crippen LogP contribution in [0.2, 0.25) is 0 Å². The number of methoxy groups -OCH3 is 2. The molecule has 2 heterocycles. The highest BCUT2D eigenvalue weighted by Crippen LogP contribution is 2.42. The molecule has 1 fully saturated rings. The largest absolute Gasteiger partial charge is 0.468 e. The van der Waals surface area contributed by atoms with E-state index in [9.17, 15) is 14.4 Å². The monoisotopic (exact) mass is 621 g/mol. The van der Waals surface area contributed by atoms with Crippen LogP contribution in [0.25, 0.3) is 0 Å². The first-order valence-corrected chi connectivity index (χ1v) is 15.9. The van der Waals surface area contributed by atoms with Crippen molar-refractivity contribution in [1.82, 2.24) is 10.2 Å². The fourth-order valence-electron chi connectivity index (χ4n) is 7.03. The third kappa shape index (κ3) is 6.97. The van der Waals surface area contributed by atoms with E-state index >= 15 is 0 Å². The van der Waals surface area contributed by atoms with E-state index in [-0.39, 0.29) is 11.3 Å². The summed E-state index contributed by atoms with van der Waals surface area (Å²) in [6, 6.07) is 28.5. The van der Waals surface area contributed by atoms with Crippen LogP contribution in [0.1, 0.15) is 72.5 Å². The molecule has 1 amide bonds. The van der Waals surface area contributed by atoms with Crippen molar-refractivity contribution in [3.63, 3.8) is 0 Å². The summed E-state index contributed by atoms with van der Waals surface area (Å²) in [6.07, 6.45) is 3.09. The highest BCUT2D eigenvalue weighted by molar-refractivity contribution is 6.04. The lowest BCUT2D eigenvalue weighted by atomic mass is 9.68. The van der Waals surface area contributed by atoms with E-state index in [1.54, 1.807) is 31.2 Å². The van der Waals surface area contributed by atoms with E-state index in [1.807, 2.05) is 6.92 Å². The van der Waals surface area contributed by atoms with Crippen molar-refractivity contribution in [2.45, 2.75) is 50.9 Å². The number of benzene rings is 3. The molecule has 2 aliphatic heterocycles. The lowest BCUT2D eigenvalue weighted by Gasteiger charge is -2.43. The smallest absolute Gasteiger partial charge is 0.337 e. The molecule has 2 aliphatic rings. The standard InChI is InChI=1S/C38H43N3O5/c1-26-33(37(44)46-4)34(28-17-19-29(20-18-28)36(43)45-3)35(27(2)39-26)40-32(42)16-11-23-41-24-21-38(22-25-41,30-12-7-5-8-13-30)31-14-9-6-10-15-31/h5-10,12-15,17-20,33-34H,11,16,21-25H2,1-4H3,(H,40,42). The maximum atomic E-state index is 13.4. The van der Waals surface area contributed by atoms with E-state index < -0.39 is 23.8 Å². The summed E-state index contributed by atoms with van der Waals surface area (Å²) < 4.78 is 9.98. The van der Waals surface area contributed by atoms with E-state index in [2.05, 4.69) is 75.9 Å². The summed E-state index contributed by atoms with van der Waals surface area (Å²) in [5, 5.41) is 3.10. The zero-order valence-electron chi connectivity index (χ0n) is 27.1. The predicted molar refractivity (Wildman–Crippen MR) is 179 cm³/mol. The quantitative estimate of drug-likeness (QED) is 0.278. The van der Waals surface area contributed by atoms with Crippen LogP contribution in [0.3, 0.4) is 0 Å². The van der Waals surface area contributed by atoms with Crippen LogP contribution in [-0.4, -0.2) is 62.3 Å². The zero-order valence-corrected chi connectivity index (χ0v) is 27.1. The highest BCUT2D eigenvalue weighted by Gasteiger charge is 2.40. The summed E-state index contributed by atoms with van der Waals surface area (Å²) >= 11 is 0. The molecule has 8 heteroatoms. The number of rotatable bonds is 10. The number of carbonyl (C=O) groups is 3. The number of aliphatic imine (C=N–C) groups is 1. The molecule has 0 saturated carbocycles. The van der Waals surface area contributed by atoms with E-state index in [1.165, 1.54) is 25.3 Å². The Bertz CT molecular complexity index is 1550. The molecule has 1 saturated heterocycles. The van der Waals surface area contributed by atoms with Gasteiger partial charge in [0.2, 0.25) is 5.91 Å². The maximum Gasteiger partial charge on any atom is 0.337 e. The summed E-state index contributed by atoms with van der Waals surface area (Å²) in [5.41, 5.74) is 5.68. The van der Waals surface area contributed by atoms with Gasteiger partial charge in [0, 0.05) is 29.2 Å². The number of carbonyl (C=O) groups excluding carboxylic acids is 3. The first-order chi connectivity index (χ1) is 22.3. The average Bonchev–Trinajstić information content (AvgIpc) is 3.09. The Kier molecular flexibility index (Phi) is 10.5. The molecule has 2 atom stereocenters. The van der Waals surface area contributed by atoms with Crippen molar-refractivity contribution in [3.05, 3.63) is 119 Å². The number of nitrogens with one attached hydrogen (secondary N) is 1. The number of ether oxygens (including phenoxy) is 2. The van der Waals surface area contributed by atoms with Gasteiger partial charge in [-0.1, -0.05) is 72.8 Å². The van der Waals surface area contributed by atoms with E-state index in [0.29, 0.717) is 35.5 Å². The number of piperidine rings is 1. The lowest BCUT2D eigenvalue weighted by molar-refractivity contribution is -0.143. The van der Waals surface area contributed by atoms with Gasteiger partial charge < -0.3 is 19.7 Å². The summed E-state index contributed by atoms with van der Waals surface area (Å²) in [5.74, 6) is -2.24. The average molecular weight is 622 g/mol. The molecule has 0 radical (unpaired) electrons. The Morgan fingerprint density at radius 3 is 1.98 bits per heavy atom.